The van der Waals surface area contributed by atoms with Gasteiger partial charge in [0.15, 0.2) is 9.78 Å². The molecular weight excluding hydrogens is 343 g/mol. The molecule has 0 aliphatic heterocycles. The highest BCUT2D eigenvalue weighted by atomic mass is 32.1. The Balaban J connectivity index is 1.74. The van der Waals surface area contributed by atoms with Crippen LogP contribution in [0.4, 0.5) is 4.39 Å². The van der Waals surface area contributed by atoms with Crippen LogP contribution < -0.4 is 0 Å². The molecule has 2 aromatic heterocycles. The average molecular weight is 356 g/mol. The van der Waals surface area contributed by atoms with Gasteiger partial charge >= 0.3 is 0 Å². The molecule has 4 nitrogen and oxygen atoms in total. The van der Waals surface area contributed by atoms with E-state index in [0.717, 1.165) is 11.1 Å². The smallest absolute Gasteiger partial charge is 0.233 e. The predicted molar refractivity (Wildman–Crippen MR) is 95.4 cm³/mol. The molecule has 24 heavy (non-hydrogen) atoms. The molecule has 2 aromatic carbocycles. The molecule has 0 radical (unpaired) electrons. The summed E-state index contributed by atoms with van der Waals surface area (Å²) in [6, 6.07) is 14.8. The van der Waals surface area contributed by atoms with Crippen molar-refractivity contribution in [1.29, 1.82) is 0 Å². The maximum Gasteiger partial charge on any atom is 0.233 e. The summed E-state index contributed by atoms with van der Waals surface area (Å²) >= 11 is 6.50. The number of fused-ring (bicyclic) bond motifs is 1. The lowest BCUT2D eigenvalue weighted by atomic mass is 9.96. The van der Waals surface area contributed by atoms with Crippen LogP contribution >= 0.6 is 23.6 Å². The third-order valence-electron chi connectivity index (χ3n) is 4.01. The SMILES string of the molecule is CC(c1ccc(-c2ccccc2)c(F)c1)c1nnc2sc(=S)[nH]n12. The number of nitrogens with one attached hydrogen (secondary N) is 1. The largest absolute Gasteiger partial charge is 0.271 e. The second kappa shape index (κ2) is 5.92. The Morgan fingerprint density at radius 1 is 1.17 bits per heavy atom. The standard InChI is InChI=1S/C17H13FN4S2/c1-10(15-19-20-16-22(15)21-17(23)24-16)12-7-8-13(14(18)9-12)11-5-3-2-4-6-11/h2-10H,1H3,(H,21,23). The van der Waals surface area contributed by atoms with Crippen LogP contribution in [0.2, 0.25) is 0 Å². The van der Waals surface area contributed by atoms with Gasteiger partial charge in [0.1, 0.15) is 5.82 Å². The molecule has 0 aliphatic rings. The summed E-state index contributed by atoms with van der Waals surface area (Å²) in [6.07, 6.45) is 0. The highest BCUT2D eigenvalue weighted by molar-refractivity contribution is 7.73. The molecule has 0 saturated carbocycles. The van der Waals surface area contributed by atoms with E-state index in [9.17, 15) is 4.39 Å². The van der Waals surface area contributed by atoms with Gasteiger partial charge in [-0.05, 0) is 29.4 Å². The Morgan fingerprint density at radius 2 is 1.96 bits per heavy atom. The maximum absolute atomic E-state index is 14.6. The second-order valence-corrected chi connectivity index (χ2v) is 7.15. The summed E-state index contributed by atoms with van der Waals surface area (Å²) in [5.41, 5.74) is 2.29. The van der Waals surface area contributed by atoms with Gasteiger partial charge < -0.3 is 0 Å². The molecule has 1 atom stereocenters. The third-order valence-corrected chi connectivity index (χ3v) is 5.08. The molecule has 120 valence electrons. The first kappa shape index (κ1) is 15.2. The molecule has 4 rings (SSSR count). The lowest BCUT2D eigenvalue weighted by molar-refractivity contribution is 0.626. The number of benzene rings is 2. The number of hydrogen-bond acceptors (Lipinski definition) is 4. The van der Waals surface area contributed by atoms with Crippen molar-refractivity contribution in [2.24, 2.45) is 0 Å². The molecule has 0 fully saturated rings. The number of rotatable bonds is 3. The molecule has 4 aromatic rings. The molecule has 1 unspecified atom stereocenters. The van der Waals surface area contributed by atoms with Crippen molar-refractivity contribution in [2.45, 2.75) is 12.8 Å². The fourth-order valence-electron chi connectivity index (χ4n) is 2.73. The van der Waals surface area contributed by atoms with Gasteiger partial charge in [-0.1, -0.05) is 60.7 Å². The Labute approximate surface area is 146 Å². The van der Waals surface area contributed by atoms with Crippen molar-refractivity contribution in [2.75, 3.05) is 0 Å². The average Bonchev–Trinajstić information content (AvgIpc) is 3.14. The van der Waals surface area contributed by atoms with Crippen LogP contribution in [-0.4, -0.2) is 19.8 Å². The minimum absolute atomic E-state index is 0.112. The van der Waals surface area contributed by atoms with Crippen LogP contribution in [0, 0.1) is 9.77 Å². The van der Waals surface area contributed by atoms with Crippen LogP contribution in [0.3, 0.4) is 0 Å². The molecule has 0 amide bonds. The first-order chi connectivity index (χ1) is 11.6. The van der Waals surface area contributed by atoms with Crippen molar-refractivity contribution in [1.82, 2.24) is 19.8 Å². The first-order valence-electron chi connectivity index (χ1n) is 7.42. The van der Waals surface area contributed by atoms with Crippen LogP contribution in [0.1, 0.15) is 24.2 Å². The van der Waals surface area contributed by atoms with E-state index in [1.165, 1.54) is 11.3 Å². The molecule has 0 bridgehead atoms. The van der Waals surface area contributed by atoms with Gasteiger partial charge in [-0.15, -0.1) is 10.2 Å². The normalized spacial score (nSPS) is 12.6. The van der Waals surface area contributed by atoms with E-state index in [4.69, 9.17) is 12.2 Å². The molecule has 0 aliphatic carbocycles. The van der Waals surface area contributed by atoms with Crippen molar-refractivity contribution < 1.29 is 4.39 Å². The summed E-state index contributed by atoms with van der Waals surface area (Å²) in [5, 5.41) is 11.4. The monoisotopic (exact) mass is 356 g/mol. The summed E-state index contributed by atoms with van der Waals surface area (Å²) in [5.74, 6) is 0.355. The van der Waals surface area contributed by atoms with Crippen LogP contribution in [0.25, 0.3) is 16.1 Å². The van der Waals surface area contributed by atoms with Crippen molar-refractivity contribution in [3.8, 4) is 11.1 Å². The Bertz CT molecular complexity index is 1070. The van der Waals surface area contributed by atoms with Gasteiger partial charge in [0.05, 0.1) is 0 Å². The van der Waals surface area contributed by atoms with Gasteiger partial charge in [-0.25, -0.2) is 8.91 Å². The predicted octanol–water partition coefficient (Wildman–Crippen LogP) is 4.81. The fraction of sp³-hybridized carbons (Fsp3) is 0.118. The van der Waals surface area contributed by atoms with Crippen molar-refractivity contribution in [3.63, 3.8) is 0 Å². The highest BCUT2D eigenvalue weighted by Crippen LogP contribution is 2.29. The Morgan fingerprint density at radius 3 is 2.71 bits per heavy atom. The number of halogens is 1. The lowest BCUT2D eigenvalue weighted by Gasteiger charge is -2.11. The molecule has 1 N–H and O–H groups in total. The van der Waals surface area contributed by atoms with Gasteiger partial charge in [0, 0.05) is 11.5 Å². The zero-order chi connectivity index (χ0) is 16.7. The van der Waals surface area contributed by atoms with Gasteiger partial charge in [-0.2, -0.15) is 0 Å². The van der Waals surface area contributed by atoms with E-state index in [2.05, 4.69) is 15.3 Å². The van der Waals surface area contributed by atoms with E-state index < -0.39 is 0 Å². The van der Waals surface area contributed by atoms with Crippen LogP contribution in [-0.2, 0) is 0 Å². The van der Waals surface area contributed by atoms with Crippen LogP contribution in [0.5, 0.6) is 0 Å². The summed E-state index contributed by atoms with van der Waals surface area (Å²) in [4.78, 5) is 0.711. The number of nitrogens with zero attached hydrogens (tertiary/aromatic N) is 3. The molecule has 0 spiro atoms. The minimum Gasteiger partial charge on any atom is -0.271 e. The van der Waals surface area contributed by atoms with Gasteiger partial charge in [0.2, 0.25) is 4.96 Å². The highest BCUT2D eigenvalue weighted by Gasteiger charge is 2.18. The number of H-pyrrole nitrogens is 1. The van der Waals surface area contributed by atoms with E-state index in [1.807, 2.05) is 49.4 Å². The van der Waals surface area contributed by atoms with E-state index >= 15 is 0 Å². The molecular formula is C17H13FN4S2. The van der Waals surface area contributed by atoms with Gasteiger partial charge in [0.25, 0.3) is 0 Å². The molecule has 7 heteroatoms. The van der Waals surface area contributed by atoms with E-state index in [-0.39, 0.29) is 11.7 Å². The molecule has 0 saturated heterocycles. The number of aromatic amines is 1. The van der Waals surface area contributed by atoms with Gasteiger partial charge in [-0.3, -0.25) is 5.10 Å². The summed E-state index contributed by atoms with van der Waals surface area (Å²) in [7, 11) is 0. The van der Waals surface area contributed by atoms with Crippen molar-refractivity contribution >= 4 is 28.5 Å². The quantitative estimate of drug-likeness (QED) is 0.536. The topological polar surface area (TPSA) is 46.0 Å². The fourth-order valence-corrected chi connectivity index (χ4v) is 3.66. The summed E-state index contributed by atoms with van der Waals surface area (Å²) < 4.78 is 17.0. The Hall–Kier alpha value is -2.38. The number of hydrogen-bond donors (Lipinski definition) is 1. The first-order valence-corrected chi connectivity index (χ1v) is 8.65. The van der Waals surface area contributed by atoms with E-state index in [0.29, 0.717) is 20.3 Å². The van der Waals surface area contributed by atoms with Crippen LogP contribution in [0.15, 0.2) is 48.5 Å². The lowest BCUT2D eigenvalue weighted by Crippen LogP contribution is -2.04. The van der Waals surface area contributed by atoms with E-state index in [1.54, 1.807) is 10.6 Å². The zero-order valence-corrected chi connectivity index (χ0v) is 14.4. The zero-order valence-electron chi connectivity index (χ0n) is 12.7. The minimum atomic E-state index is -0.246. The second-order valence-electron chi connectivity index (χ2n) is 5.50. The Kier molecular flexibility index (Phi) is 3.74. The van der Waals surface area contributed by atoms with Crippen molar-refractivity contribution in [3.05, 3.63) is 69.7 Å². The third kappa shape index (κ3) is 2.55. The summed E-state index contributed by atoms with van der Waals surface area (Å²) in [6.45, 7) is 1.97. The maximum atomic E-state index is 14.6. The molecule has 2 heterocycles. The number of aromatic nitrogens is 4.